The van der Waals surface area contributed by atoms with Gasteiger partial charge in [0.2, 0.25) is 0 Å². The zero-order valence-corrected chi connectivity index (χ0v) is 11.6. The monoisotopic (exact) mass is 214 g/mol. The molecule has 1 saturated carbocycles. The van der Waals surface area contributed by atoms with Crippen LogP contribution >= 0.6 is 0 Å². The van der Waals surface area contributed by atoms with E-state index in [2.05, 4.69) is 42.3 Å². The van der Waals surface area contributed by atoms with Gasteiger partial charge in [0.25, 0.3) is 0 Å². The molecule has 0 aromatic carbocycles. The van der Waals surface area contributed by atoms with E-state index in [1.54, 1.807) is 0 Å². The number of hydrogen-bond donors (Lipinski definition) is 0. The van der Waals surface area contributed by atoms with E-state index in [0.717, 1.165) is 20.9 Å². The molecule has 0 N–H and O–H groups in total. The molecule has 1 rings (SSSR count). The van der Waals surface area contributed by atoms with Crippen LogP contribution in [-0.4, -0.2) is 63.8 Å². The molecule has 2 heteroatoms. The molecule has 1 aliphatic carbocycles. The van der Waals surface area contributed by atoms with Gasteiger partial charge < -0.3 is 8.97 Å². The first kappa shape index (κ1) is 13.0. The largest absolute Gasteiger partial charge is 0.331 e. The van der Waals surface area contributed by atoms with Gasteiger partial charge in [-0.25, -0.2) is 0 Å². The minimum Gasteiger partial charge on any atom is -0.331 e. The smallest absolute Gasteiger partial charge is 0.0884 e. The number of hydrogen-bond acceptors (Lipinski definition) is 0. The highest BCUT2D eigenvalue weighted by atomic mass is 15.3. The van der Waals surface area contributed by atoms with E-state index in [1.807, 2.05) is 0 Å². The molecule has 1 fully saturated rings. The van der Waals surface area contributed by atoms with Crippen molar-refractivity contribution < 1.29 is 8.97 Å². The van der Waals surface area contributed by atoms with Gasteiger partial charge in [0, 0.05) is 5.92 Å². The normalized spacial score (nSPS) is 29.2. The van der Waals surface area contributed by atoms with Gasteiger partial charge in [-0.15, -0.1) is 0 Å². The quantitative estimate of drug-likeness (QED) is 0.630. The fourth-order valence-electron chi connectivity index (χ4n) is 2.88. The molecule has 15 heavy (non-hydrogen) atoms. The van der Waals surface area contributed by atoms with E-state index in [4.69, 9.17) is 0 Å². The Morgan fingerprint density at radius 1 is 0.800 bits per heavy atom. The minimum atomic E-state index is 0.897. The third-order valence-corrected chi connectivity index (χ3v) is 3.72. The van der Waals surface area contributed by atoms with Crippen LogP contribution in [0.1, 0.15) is 25.7 Å². The minimum absolute atomic E-state index is 0.897. The fourth-order valence-corrected chi connectivity index (χ4v) is 2.88. The van der Waals surface area contributed by atoms with Crippen molar-refractivity contribution in [1.82, 2.24) is 0 Å². The Morgan fingerprint density at radius 3 is 1.60 bits per heavy atom. The molecule has 0 amide bonds. The van der Waals surface area contributed by atoms with Crippen molar-refractivity contribution in [2.75, 3.05) is 48.8 Å². The summed E-state index contributed by atoms with van der Waals surface area (Å²) in [4.78, 5) is 0. The molecule has 0 saturated heterocycles. The maximum atomic E-state index is 2.34. The first-order valence-electron chi connectivity index (χ1n) is 6.30. The predicted octanol–water partition coefficient (Wildman–Crippen LogP) is 1.96. The molecular weight excluding hydrogens is 184 g/mol. The van der Waals surface area contributed by atoms with Crippen LogP contribution in [0.5, 0.6) is 0 Å². The van der Waals surface area contributed by atoms with Crippen LogP contribution in [0.4, 0.5) is 0 Å². The van der Waals surface area contributed by atoms with Crippen molar-refractivity contribution in [2.24, 2.45) is 5.92 Å². The summed E-state index contributed by atoms with van der Waals surface area (Å²) in [5.74, 6) is 0.966. The van der Waals surface area contributed by atoms with Crippen LogP contribution in [-0.2, 0) is 0 Å². The molecule has 0 atom stereocenters. The second kappa shape index (κ2) is 4.42. The summed E-state index contributed by atoms with van der Waals surface area (Å²) in [5, 5.41) is 0. The van der Waals surface area contributed by atoms with E-state index >= 15 is 0 Å². The summed E-state index contributed by atoms with van der Waals surface area (Å²) in [5.41, 5.74) is 0. The number of quaternary nitrogens is 2. The van der Waals surface area contributed by atoms with E-state index in [9.17, 15) is 0 Å². The Bertz CT molecular complexity index is 190. The van der Waals surface area contributed by atoms with E-state index in [1.165, 1.54) is 32.2 Å². The highest BCUT2D eigenvalue weighted by Gasteiger charge is 2.31. The summed E-state index contributed by atoms with van der Waals surface area (Å²) in [6, 6.07) is 0.897. The Kier molecular flexibility index (Phi) is 3.83. The SMILES string of the molecule is C[N+](C)(C)CC1CCC([N+](C)(C)C)CC1. The molecule has 2 nitrogen and oxygen atoms in total. The number of rotatable bonds is 3. The molecule has 0 heterocycles. The van der Waals surface area contributed by atoms with Gasteiger partial charge in [0.1, 0.15) is 0 Å². The van der Waals surface area contributed by atoms with Gasteiger partial charge >= 0.3 is 0 Å². The molecule has 0 aromatic rings. The zero-order valence-electron chi connectivity index (χ0n) is 11.6. The van der Waals surface area contributed by atoms with Crippen molar-refractivity contribution >= 4 is 0 Å². The van der Waals surface area contributed by atoms with Crippen molar-refractivity contribution in [3.8, 4) is 0 Å². The molecule has 90 valence electrons. The summed E-state index contributed by atoms with van der Waals surface area (Å²) >= 11 is 0. The molecule has 0 bridgehead atoms. The maximum absolute atomic E-state index is 2.34. The van der Waals surface area contributed by atoms with Crippen LogP contribution in [0.25, 0.3) is 0 Å². The Labute approximate surface area is 96.1 Å². The summed E-state index contributed by atoms with van der Waals surface area (Å²) < 4.78 is 2.27. The van der Waals surface area contributed by atoms with E-state index in [0.29, 0.717) is 0 Å². The molecule has 0 unspecified atom stereocenters. The first-order valence-corrected chi connectivity index (χ1v) is 6.30. The van der Waals surface area contributed by atoms with Crippen LogP contribution in [0.2, 0.25) is 0 Å². The van der Waals surface area contributed by atoms with Gasteiger partial charge in [-0.05, 0) is 25.7 Å². The van der Waals surface area contributed by atoms with Crippen LogP contribution in [0, 0.1) is 5.92 Å². The third kappa shape index (κ3) is 4.52. The lowest BCUT2D eigenvalue weighted by Crippen LogP contribution is -2.48. The van der Waals surface area contributed by atoms with Crippen molar-refractivity contribution in [3.05, 3.63) is 0 Å². The molecule has 0 aliphatic heterocycles. The summed E-state index contributed by atoms with van der Waals surface area (Å²) in [6.45, 7) is 1.35. The zero-order chi connectivity index (χ0) is 11.7. The fraction of sp³-hybridized carbons (Fsp3) is 1.00. The molecular formula is C13H30N2+2. The average molecular weight is 214 g/mol. The average Bonchev–Trinajstić information content (AvgIpc) is 2.00. The maximum Gasteiger partial charge on any atom is 0.0884 e. The van der Waals surface area contributed by atoms with Gasteiger partial charge in [-0.2, -0.15) is 0 Å². The molecule has 0 aromatic heterocycles. The Balaban J connectivity index is 2.37. The van der Waals surface area contributed by atoms with E-state index < -0.39 is 0 Å². The lowest BCUT2D eigenvalue weighted by molar-refractivity contribution is -0.898. The summed E-state index contributed by atoms with van der Waals surface area (Å²) in [6.07, 6.45) is 5.73. The lowest BCUT2D eigenvalue weighted by atomic mass is 9.84. The van der Waals surface area contributed by atoms with Crippen LogP contribution in [0.3, 0.4) is 0 Å². The first-order chi connectivity index (χ1) is 6.68. The van der Waals surface area contributed by atoms with Crippen LogP contribution in [0.15, 0.2) is 0 Å². The van der Waals surface area contributed by atoms with Crippen molar-refractivity contribution in [1.29, 1.82) is 0 Å². The highest BCUT2D eigenvalue weighted by Crippen LogP contribution is 2.29. The van der Waals surface area contributed by atoms with E-state index in [-0.39, 0.29) is 0 Å². The summed E-state index contributed by atoms with van der Waals surface area (Å²) in [7, 11) is 13.9. The van der Waals surface area contributed by atoms with Gasteiger partial charge in [-0.3, -0.25) is 0 Å². The number of nitrogens with zero attached hydrogens (tertiary/aromatic N) is 2. The molecule has 1 aliphatic rings. The highest BCUT2D eigenvalue weighted by molar-refractivity contribution is 4.72. The second-order valence-corrected chi connectivity index (χ2v) is 7.26. The molecule has 0 radical (unpaired) electrons. The predicted molar refractivity (Wildman–Crippen MR) is 66.7 cm³/mol. The van der Waals surface area contributed by atoms with Gasteiger partial charge in [-0.1, -0.05) is 0 Å². The lowest BCUT2D eigenvalue weighted by Gasteiger charge is -2.40. The topological polar surface area (TPSA) is 0 Å². The van der Waals surface area contributed by atoms with Crippen LogP contribution < -0.4 is 0 Å². The Hall–Kier alpha value is -0.0800. The third-order valence-electron chi connectivity index (χ3n) is 3.72. The van der Waals surface area contributed by atoms with Crippen molar-refractivity contribution in [3.63, 3.8) is 0 Å². The molecule has 0 spiro atoms. The van der Waals surface area contributed by atoms with Crippen molar-refractivity contribution in [2.45, 2.75) is 31.7 Å². The van der Waals surface area contributed by atoms with Gasteiger partial charge in [0.05, 0.1) is 54.9 Å². The second-order valence-electron chi connectivity index (χ2n) is 7.26. The Morgan fingerprint density at radius 2 is 1.27 bits per heavy atom. The standard InChI is InChI=1S/C13H30N2/c1-14(2,3)11-12-7-9-13(10-8-12)15(4,5)6/h12-13H,7-11H2,1-6H3/q+2. The van der Waals surface area contributed by atoms with Gasteiger partial charge in [0.15, 0.2) is 0 Å².